The fraction of sp³-hybridized carbons (Fsp3) is 0.316. The fourth-order valence-corrected chi connectivity index (χ4v) is 5.24. The van der Waals surface area contributed by atoms with E-state index in [2.05, 4.69) is 10.6 Å². The molecule has 27 heavy (non-hydrogen) atoms. The molecule has 2 aromatic rings. The van der Waals surface area contributed by atoms with Gasteiger partial charge in [0.15, 0.2) is 0 Å². The average molecular weight is 390 g/mol. The first-order valence-corrected chi connectivity index (χ1v) is 10.2. The number of carbonyl (C=O) groups excluding carboxylic acids is 1. The highest BCUT2D eigenvalue weighted by atomic mass is 32.2. The van der Waals surface area contributed by atoms with Crippen LogP contribution in [0.3, 0.4) is 0 Å². The summed E-state index contributed by atoms with van der Waals surface area (Å²) in [5, 5.41) is 5.55. The van der Waals surface area contributed by atoms with E-state index in [1.54, 1.807) is 6.07 Å². The van der Waals surface area contributed by atoms with Gasteiger partial charge < -0.3 is 15.4 Å². The van der Waals surface area contributed by atoms with E-state index >= 15 is 0 Å². The molecule has 1 saturated heterocycles. The lowest BCUT2D eigenvalue weighted by molar-refractivity contribution is 0.0955. The van der Waals surface area contributed by atoms with Gasteiger partial charge >= 0.3 is 0 Å². The summed E-state index contributed by atoms with van der Waals surface area (Å²) in [5.41, 5.74) is 0.505. The molecule has 0 spiro atoms. The Morgan fingerprint density at radius 1 is 1.30 bits per heavy atom. The topological polar surface area (TPSA) is 84.5 Å². The van der Waals surface area contributed by atoms with Gasteiger partial charge in [-0.25, -0.2) is 12.8 Å². The average Bonchev–Trinajstić information content (AvgIpc) is 3.05. The molecule has 2 N–H and O–H groups in total. The van der Waals surface area contributed by atoms with E-state index in [9.17, 15) is 17.6 Å². The predicted molar refractivity (Wildman–Crippen MR) is 96.3 cm³/mol. The highest BCUT2D eigenvalue weighted by molar-refractivity contribution is 7.91. The number of ether oxygens (including phenoxy) is 1. The Hall–Kier alpha value is -2.45. The number of halogens is 1. The highest BCUT2D eigenvalue weighted by Crippen LogP contribution is 2.43. The van der Waals surface area contributed by atoms with Gasteiger partial charge in [0.05, 0.1) is 15.4 Å². The summed E-state index contributed by atoms with van der Waals surface area (Å²) in [5.74, 6) is -0.896. The van der Waals surface area contributed by atoms with E-state index in [1.807, 2.05) is 0 Å². The van der Waals surface area contributed by atoms with Gasteiger partial charge in [-0.3, -0.25) is 4.79 Å². The van der Waals surface area contributed by atoms with Crippen LogP contribution in [0.4, 0.5) is 4.39 Å². The molecule has 8 heteroatoms. The third-order valence-corrected chi connectivity index (χ3v) is 6.91. The first kappa shape index (κ1) is 17.9. The number of hydrogen-bond donors (Lipinski definition) is 2. The molecule has 2 atom stereocenters. The third kappa shape index (κ3) is 2.89. The summed E-state index contributed by atoms with van der Waals surface area (Å²) in [6, 6.07) is 8.31. The smallest absolute Gasteiger partial charge is 0.255 e. The van der Waals surface area contributed by atoms with Crippen molar-refractivity contribution in [2.75, 3.05) is 20.1 Å². The van der Waals surface area contributed by atoms with E-state index in [0.717, 1.165) is 24.6 Å². The van der Waals surface area contributed by atoms with Gasteiger partial charge in [-0.05, 0) is 37.2 Å². The van der Waals surface area contributed by atoms with Crippen LogP contribution in [0, 0.1) is 5.82 Å². The monoisotopic (exact) mass is 390 g/mol. The first-order valence-electron chi connectivity index (χ1n) is 8.70. The maximum atomic E-state index is 14.2. The minimum Gasteiger partial charge on any atom is -0.488 e. The maximum Gasteiger partial charge on any atom is 0.255 e. The van der Waals surface area contributed by atoms with Crippen LogP contribution in [-0.2, 0) is 9.84 Å². The Labute approximate surface area is 156 Å². The third-order valence-electron chi connectivity index (χ3n) is 5.12. The summed E-state index contributed by atoms with van der Waals surface area (Å²) < 4.78 is 46.4. The van der Waals surface area contributed by atoms with Gasteiger partial charge in [-0.2, -0.15) is 0 Å². The Kier molecular flexibility index (Phi) is 4.39. The van der Waals surface area contributed by atoms with Crippen molar-refractivity contribution < 1.29 is 22.3 Å². The number of nitrogens with one attached hydrogen (secondary N) is 2. The molecule has 0 bridgehead atoms. The standard InChI is InChI=1S/C19H19FN2O4S/c1-21-19(23)18-14(20)3-2-4-17(18)27(24,25)11-5-6-12-13-7-8-22-10-16(13)26-15(12)9-11/h2-6,9,13,16,22H,7-8,10H2,1H3,(H,21,23). The second kappa shape index (κ2) is 6.61. The molecule has 1 amide bonds. The van der Waals surface area contributed by atoms with Crippen LogP contribution in [0.25, 0.3) is 0 Å². The molecule has 0 aromatic heterocycles. The number of fused-ring (bicyclic) bond motifs is 3. The number of carbonyl (C=O) groups is 1. The normalized spacial score (nSPS) is 21.1. The SMILES string of the molecule is CNC(=O)c1c(F)cccc1S(=O)(=O)c1ccc2c(c1)OC1CNCCC21. The molecule has 2 unspecified atom stereocenters. The van der Waals surface area contributed by atoms with E-state index in [1.165, 1.54) is 31.3 Å². The van der Waals surface area contributed by atoms with Crippen LogP contribution in [-0.4, -0.2) is 40.6 Å². The molecule has 2 heterocycles. The van der Waals surface area contributed by atoms with Crippen molar-refractivity contribution in [1.82, 2.24) is 10.6 Å². The zero-order valence-electron chi connectivity index (χ0n) is 14.7. The van der Waals surface area contributed by atoms with Crippen LogP contribution in [0.15, 0.2) is 46.2 Å². The predicted octanol–water partition coefficient (Wildman–Crippen LogP) is 1.86. The molecule has 0 saturated carbocycles. The van der Waals surface area contributed by atoms with Gasteiger partial charge in [0, 0.05) is 25.1 Å². The van der Waals surface area contributed by atoms with Crippen LogP contribution < -0.4 is 15.4 Å². The molecular formula is C19H19FN2O4S. The summed E-state index contributed by atoms with van der Waals surface area (Å²) >= 11 is 0. The number of sulfone groups is 1. The number of piperidine rings is 1. The number of hydrogen-bond acceptors (Lipinski definition) is 5. The summed E-state index contributed by atoms with van der Waals surface area (Å²) in [6.45, 7) is 1.61. The van der Waals surface area contributed by atoms with Crippen molar-refractivity contribution in [1.29, 1.82) is 0 Å². The molecular weight excluding hydrogens is 371 g/mol. The zero-order chi connectivity index (χ0) is 19.2. The molecule has 0 aliphatic carbocycles. The second-order valence-corrected chi connectivity index (χ2v) is 8.57. The largest absolute Gasteiger partial charge is 0.488 e. The van der Waals surface area contributed by atoms with Gasteiger partial charge in [0.2, 0.25) is 9.84 Å². The van der Waals surface area contributed by atoms with E-state index in [4.69, 9.17) is 4.74 Å². The lowest BCUT2D eigenvalue weighted by Crippen LogP contribution is -2.39. The lowest BCUT2D eigenvalue weighted by atomic mass is 9.90. The van der Waals surface area contributed by atoms with Gasteiger partial charge in [0.25, 0.3) is 5.91 Å². The van der Waals surface area contributed by atoms with Gasteiger partial charge in [-0.1, -0.05) is 12.1 Å². The zero-order valence-corrected chi connectivity index (χ0v) is 15.5. The van der Waals surface area contributed by atoms with Crippen LogP contribution >= 0.6 is 0 Å². The molecule has 2 aliphatic rings. The molecule has 142 valence electrons. The molecule has 2 aromatic carbocycles. The summed E-state index contributed by atoms with van der Waals surface area (Å²) in [6.07, 6.45) is 0.913. The maximum absolute atomic E-state index is 14.2. The minimum atomic E-state index is -4.10. The van der Waals surface area contributed by atoms with Gasteiger partial charge in [0.1, 0.15) is 17.7 Å². The molecule has 1 fully saturated rings. The lowest BCUT2D eigenvalue weighted by Gasteiger charge is -2.24. The Bertz CT molecular complexity index is 1020. The Balaban J connectivity index is 1.79. The highest BCUT2D eigenvalue weighted by Gasteiger charge is 2.37. The fourth-order valence-electron chi connectivity index (χ4n) is 3.76. The quantitative estimate of drug-likeness (QED) is 0.836. The molecule has 4 rings (SSSR count). The Morgan fingerprint density at radius 2 is 2.11 bits per heavy atom. The van der Waals surface area contributed by atoms with Crippen molar-refractivity contribution in [2.24, 2.45) is 0 Å². The van der Waals surface area contributed by atoms with Crippen LogP contribution in [0.5, 0.6) is 5.75 Å². The van der Waals surface area contributed by atoms with Crippen molar-refractivity contribution >= 4 is 15.7 Å². The Morgan fingerprint density at radius 3 is 2.89 bits per heavy atom. The van der Waals surface area contributed by atoms with Crippen LogP contribution in [0.2, 0.25) is 0 Å². The second-order valence-electron chi connectivity index (χ2n) is 6.65. The van der Waals surface area contributed by atoms with E-state index in [0.29, 0.717) is 12.3 Å². The minimum absolute atomic E-state index is 0.0118. The van der Waals surface area contributed by atoms with Gasteiger partial charge in [-0.15, -0.1) is 0 Å². The van der Waals surface area contributed by atoms with Crippen molar-refractivity contribution in [3.8, 4) is 5.75 Å². The number of rotatable bonds is 3. The van der Waals surface area contributed by atoms with E-state index in [-0.39, 0.29) is 21.8 Å². The summed E-state index contributed by atoms with van der Waals surface area (Å²) in [7, 11) is -2.77. The summed E-state index contributed by atoms with van der Waals surface area (Å²) in [4.78, 5) is 11.7. The number of amides is 1. The van der Waals surface area contributed by atoms with E-state index < -0.39 is 27.1 Å². The molecule has 6 nitrogen and oxygen atoms in total. The molecule has 0 radical (unpaired) electrons. The van der Waals surface area contributed by atoms with Crippen LogP contribution in [0.1, 0.15) is 28.3 Å². The first-order chi connectivity index (χ1) is 12.9. The van der Waals surface area contributed by atoms with Crippen molar-refractivity contribution in [2.45, 2.75) is 28.2 Å². The van der Waals surface area contributed by atoms with Crippen molar-refractivity contribution in [3.63, 3.8) is 0 Å². The molecule has 2 aliphatic heterocycles. The number of benzene rings is 2. The van der Waals surface area contributed by atoms with Crippen molar-refractivity contribution in [3.05, 3.63) is 53.3 Å².